The number of halogens is 1. The van der Waals surface area contributed by atoms with Crippen molar-refractivity contribution in [2.24, 2.45) is 0 Å². The zero-order valence-electron chi connectivity index (χ0n) is 60.2. The van der Waals surface area contributed by atoms with Crippen LogP contribution in [0.4, 0.5) is 0 Å². The topological polar surface area (TPSA) is 241 Å². The fourth-order valence-corrected chi connectivity index (χ4v) is 10.5. The molecule has 0 spiro atoms. The molecule has 0 saturated heterocycles. The van der Waals surface area contributed by atoms with Crippen LogP contribution in [0.5, 0.6) is 11.5 Å². The van der Waals surface area contributed by atoms with Gasteiger partial charge in [-0.1, -0.05) is 84.9 Å². The van der Waals surface area contributed by atoms with E-state index in [1.165, 1.54) is 5.56 Å². The Hall–Kier alpha value is -9.21. The minimum Gasteiger partial charge on any atom is -0.497 e. The van der Waals surface area contributed by atoms with Crippen LogP contribution in [-0.2, 0) is 56.1 Å². The maximum Gasteiger partial charge on any atom is 0.159 e. The zero-order chi connectivity index (χ0) is 72.6. The first-order chi connectivity index (χ1) is 47.3. The molecule has 19 heteroatoms. The number of para-hydroxylation sites is 1. The molecule has 5 aromatic heterocycles. The average molecular weight is 1410 g/mol. The molecular weight excluding hydrogens is 1310 g/mol. The SMILES string of the molecule is CN[C@@H](Cc1ccc(-c2ccc(OC)cc2)nc1)C(C)=O.CN[C@@H](Cc1ccc(-c2ccccc2OC(C)C)nc1)C(C)=O.CN[C@@H](Cc1ccc(Br)nc1)C(C)=O.CN[C@@H](Cc1cnc(-c2ccccc2C)nc1)C(C)=O.CN[C@@](C)(Cc1ccc(-c2ccccc2C)nc1)C(C)=O. The number of likely N-dealkylation sites (N-methyl/N-ethyl adjacent to an activating group) is 5. The molecule has 9 rings (SSSR count). The molecular formula is C80H98BrN11O7. The fourth-order valence-electron chi connectivity index (χ4n) is 10.3. The number of aryl methyl sites for hydroxylation is 2. The molecule has 0 radical (unpaired) electrons. The smallest absolute Gasteiger partial charge is 0.159 e. The molecule has 522 valence electrons. The van der Waals surface area contributed by atoms with Crippen LogP contribution >= 0.6 is 15.9 Å². The summed E-state index contributed by atoms with van der Waals surface area (Å²) < 4.78 is 11.8. The third kappa shape index (κ3) is 26.2. The summed E-state index contributed by atoms with van der Waals surface area (Å²) in [5.74, 6) is 3.05. The lowest BCUT2D eigenvalue weighted by atomic mass is 9.90. The van der Waals surface area contributed by atoms with Crippen LogP contribution in [0, 0.1) is 13.8 Å². The largest absolute Gasteiger partial charge is 0.497 e. The number of carbonyl (C=O) groups excluding carboxylic acids is 5. The number of nitrogens with one attached hydrogen (secondary N) is 5. The Kier molecular flexibility index (Phi) is 33.5. The van der Waals surface area contributed by atoms with Gasteiger partial charge >= 0.3 is 0 Å². The van der Waals surface area contributed by atoms with E-state index < -0.39 is 5.54 Å². The van der Waals surface area contributed by atoms with Crippen molar-refractivity contribution in [3.63, 3.8) is 0 Å². The van der Waals surface area contributed by atoms with Gasteiger partial charge in [-0.2, -0.15) is 0 Å². The summed E-state index contributed by atoms with van der Waals surface area (Å²) in [4.78, 5) is 83.7. The molecule has 0 aliphatic heterocycles. The lowest BCUT2D eigenvalue weighted by Gasteiger charge is -2.26. The van der Waals surface area contributed by atoms with Crippen molar-refractivity contribution in [3.05, 3.63) is 226 Å². The summed E-state index contributed by atoms with van der Waals surface area (Å²) in [6.07, 6.45) is 14.2. The van der Waals surface area contributed by atoms with E-state index in [4.69, 9.17) is 9.47 Å². The minimum absolute atomic E-state index is 0.113. The van der Waals surface area contributed by atoms with E-state index in [1.807, 2.05) is 187 Å². The second-order valence-electron chi connectivity index (χ2n) is 24.5. The molecule has 0 aliphatic carbocycles. The molecule has 99 heavy (non-hydrogen) atoms. The van der Waals surface area contributed by atoms with Gasteiger partial charge in [0.15, 0.2) is 5.82 Å². The molecule has 0 amide bonds. The van der Waals surface area contributed by atoms with Crippen LogP contribution in [0.1, 0.15) is 94.3 Å². The molecule has 9 aromatic rings. The van der Waals surface area contributed by atoms with Gasteiger partial charge in [0.2, 0.25) is 0 Å². The Labute approximate surface area is 594 Å². The predicted octanol–water partition coefficient (Wildman–Crippen LogP) is 12.6. The van der Waals surface area contributed by atoms with Gasteiger partial charge in [-0.3, -0.25) is 38.9 Å². The van der Waals surface area contributed by atoms with E-state index in [9.17, 15) is 24.0 Å². The van der Waals surface area contributed by atoms with Crippen LogP contribution in [0.3, 0.4) is 0 Å². The number of ether oxygens (including phenoxy) is 2. The number of hydrogen-bond acceptors (Lipinski definition) is 18. The highest BCUT2D eigenvalue weighted by atomic mass is 79.9. The van der Waals surface area contributed by atoms with Gasteiger partial charge in [0.05, 0.1) is 60.0 Å². The molecule has 18 nitrogen and oxygen atoms in total. The van der Waals surface area contributed by atoms with E-state index in [0.717, 1.165) is 94.6 Å². The van der Waals surface area contributed by atoms with Gasteiger partial charge < -0.3 is 36.1 Å². The predicted molar refractivity (Wildman–Crippen MR) is 401 cm³/mol. The van der Waals surface area contributed by atoms with Gasteiger partial charge in [-0.25, -0.2) is 15.0 Å². The number of aromatic nitrogens is 6. The Balaban J connectivity index is 0.000000225. The summed E-state index contributed by atoms with van der Waals surface area (Å²) >= 11 is 3.26. The maximum atomic E-state index is 11.8. The van der Waals surface area contributed by atoms with Crippen LogP contribution < -0.4 is 36.1 Å². The number of pyridine rings is 4. The summed E-state index contributed by atoms with van der Waals surface area (Å²) in [5.41, 5.74) is 13.9. The zero-order valence-corrected chi connectivity index (χ0v) is 61.7. The molecule has 4 aromatic carbocycles. The summed E-state index contributed by atoms with van der Waals surface area (Å²) in [7, 11) is 10.6. The Morgan fingerprint density at radius 3 is 1.21 bits per heavy atom. The highest BCUT2D eigenvalue weighted by Gasteiger charge is 2.28. The first-order valence-electron chi connectivity index (χ1n) is 33.0. The van der Waals surface area contributed by atoms with Crippen molar-refractivity contribution in [3.8, 4) is 56.7 Å². The molecule has 0 fully saturated rings. The van der Waals surface area contributed by atoms with E-state index in [1.54, 1.807) is 88.5 Å². The van der Waals surface area contributed by atoms with Crippen molar-refractivity contribution in [1.82, 2.24) is 56.5 Å². The van der Waals surface area contributed by atoms with Crippen molar-refractivity contribution < 1.29 is 33.4 Å². The van der Waals surface area contributed by atoms with E-state index in [-0.39, 0.29) is 59.2 Å². The molecule has 5 N–H and O–H groups in total. The van der Waals surface area contributed by atoms with Gasteiger partial charge in [0.1, 0.15) is 45.0 Å². The average Bonchev–Trinajstić information content (AvgIpc) is 0.863. The number of nitrogens with zero attached hydrogens (tertiary/aromatic N) is 6. The van der Waals surface area contributed by atoms with E-state index in [0.29, 0.717) is 32.1 Å². The number of carbonyl (C=O) groups is 5. The number of hydrogen-bond donors (Lipinski definition) is 5. The van der Waals surface area contributed by atoms with Gasteiger partial charge in [0.25, 0.3) is 0 Å². The third-order valence-electron chi connectivity index (χ3n) is 16.7. The van der Waals surface area contributed by atoms with Gasteiger partial charge in [-0.05, 0) is 252 Å². The van der Waals surface area contributed by atoms with E-state index >= 15 is 0 Å². The maximum absolute atomic E-state index is 11.8. The van der Waals surface area contributed by atoms with Crippen LogP contribution in [0.15, 0.2) is 187 Å². The molecule has 0 aliphatic rings. The quantitative estimate of drug-likeness (QED) is 0.0301. The normalized spacial score (nSPS) is 12.5. The number of benzene rings is 4. The van der Waals surface area contributed by atoms with Crippen LogP contribution in [0.25, 0.3) is 45.2 Å². The van der Waals surface area contributed by atoms with Crippen molar-refractivity contribution in [1.29, 1.82) is 0 Å². The number of rotatable bonds is 27. The van der Waals surface area contributed by atoms with Crippen molar-refractivity contribution >= 4 is 44.8 Å². The molecule has 5 atom stereocenters. The van der Waals surface area contributed by atoms with E-state index in [2.05, 4.69) is 91.5 Å². The number of ketones is 5. The van der Waals surface area contributed by atoms with Gasteiger partial charge in [0, 0.05) is 59.4 Å². The monoisotopic (exact) mass is 1400 g/mol. The second kappa shape index (κ2) is 41.3. The number of methoxy groups -OCH3 is 1. The van der Waals surface area contributed by atoms with Crippen LogP contribution in [-0.4, -0.2) is 137 Å². The van der Waals surface area contributed by atoms with Gasteiger partial charge in [-0.15, -0.1) is 0 Å². The molecule has 0 unspecified atom stereocenters. The Bertz CT molecular complexity index is 3970. The molecule has 0 bridgehead atoms. The molecule has 5 heterocycles. The summed E-state index contributed by atoms with van der Waals surface area (Å²) in [6.45, 7) is 18.0. The second-order valence-corrected chi connectivity index (χ2v) is 25.3. The third-order valence-corrected chi connectivity index (χ3v) is 17.2. The lowest BCUT2D eigenvalue weighted by Crippen LogP contribution is -2.48. The Morgan fingerprint density at radius 1 is 0.444 bits per heavy atom. The first kappa shape index (κ1) is 80.5. The van der Waals surface area contributed by atoms with Crippen molar-refractivity contribution in [2.75, 3.05) is 42.3 Å². The number of Topliss-reactive ketones (excluding diaryl/α,β-unsaturated/α-hetero) is 5. The fraction of sp³-hybridized carbons (Fsp3) is 0.338. The summed E-state index contributed by atoms with van der Waals surface area (Å²) in [5, 5.41) is 15.1. The van der Waals surface area contributed by atoms with Crippen LogP contribution in [0.2, 0.25) is 0 Å². The highest BCUT2D eigenvalue weighted by molar-refractivity contribution is 9.10. The summed E-state index contributed by atoms with van der Waals surface area (Å²) in [6, 6.07) is 47.2. The highest BCUT2D eigenvalue weighted by Crippen LogP contribution is 2.30. The standard InChI is InChI=1S/C19H24N2O2.C18H22N2O.C17H20N2O2.C16H19N3O.C10H13BrN2O/c1-13(2)23-19-8-6-5-7-16(19)17-10-9-15(12-21-17)11-18(20-4)14(3)22;1-13-7-5-6-8-16(13)17-10-9-15(12-20-17)11-18(3,19-4)14(2)21;1-12(20)17(18-2)10-13-4-9-16(19-11-13)14-5-7-15(21-3)8-6-14;1-11-6-4-5-7-14(11)16-18-9-13(10-19-16)8-15(17-3)12(2)20;1-7(14)9(12-2)5-8-3-4-10(11)13-6-8/h5-10,12-13,18,20H,11H2,1-4H3;5-10,12,19H,11H2,1-4H3;4-9,11,17-18H,10H2,1-3H3;4-7,9-10,15,17H,8H2,1-3H3;3-4,6,9,12H,5H2,1-2H3/t2*18-;17-;15-;9-/m00000/s1. The minimum atomic E-state index is -0.536. The lowest BCUT2D eigenvalue weighted by molar-refractivity contribution is -0.122. The first-order valence-corrected chi connectivity index (χ1v) is 33.8. The van der Waals surface area contributed by atoms with Crippen molar-refractivity contribution in [2.45, 2.75) is 137 Å². The Morgan fingerprint density at radius 2 is 0.828 bits per heavy atom. The molecule has 0 saturated carbocycles.